The SMILES string of the molecule is CCc1ccsc1C(N)c1ccnc(OC)c1F. The number of aromatic nitrogens is 1. The molecule has 0 aliphatic carbocycles. The molecule has 5 heteroatoms. The summed E-state index contributed by atoms with van der Waals surface area (Å²) in [6, 6.07) is 3.15. The molecule has 2 rings (SSSR count). The minimum Gasteiger partial charge on any atom is -0.479 e. The Bertz CT molecular complexity index is 542. The predicted molar refractivity (Wildman–Crippen MR) is 70.5 cm³/mol. The molecule has 0 aliphatic rings. The van der Waals surface area contributed by atoms with Crippen molar-refractivity contribution >= 4 is 11.3 Å². The molecular weight excluding hydrogens is 251 g/mol. The third-order valence-electron chi connectivity index (χ3n) is 2.86. The number of aryl methyl sites for hydroxylation is 1. The van der Waals surface area contributed by atoms with Crippen LogP contribution in [0.15, 0.2) is 23.7 Å². The standard InChI is InChI=1S/C13H15FN2OS/c1-3-8-5-7-18-12(8)11(15)9-4-6-16-13(17-2)10(9)14/h4-7,11H,3,15H2,1-2H3. The predicted octanol–water partition coefficient (Wildman–Crippen LogP) is 2.90. The van der Waals surface area contributed by atoms with E-state index in [1.807, 2.05) is 11.4 Å². The highest BCUT2D eigenvalue weighted by Crippen LogP contribution is 2.31. The van der Waals surface area contributed by atoms with Crippen molar-refractivity contribution < 1.29 is 9.13 Å². The lowest BCUT2D eigenvalue weighted by Gasteiger charge is -2.14. The highest BCUT2D eigenvalue weighted by atomic mass is 32.1. The first-order chi connectivity index (χ1) is 8.69. The highest BCUT2D eigenvalue weighted by Gasteiger charge is 2.20. The molecule has 96 valence electrons. The van der Waals surface area contributed by atoms with Crippen molar-refractivity contribution in [3.05, 3.63) is 45.5 Å². The minimum atomic E-state index is -0.483. The van der Waals surface area contributed by atoms with Crippen molar-refractivity contribution in [1.29, 1.82) is 0 Å². The van der Waals surface area contributed by atoms with E-state index in [2.05, 4.69) is 11.9 Å². The lowest BCUT2D eigenvalue weighted by molar-refractivity contribution is 0.366. The molecule has 1 unspecified atom stereocenters. The Hall–Kier alpha value is -1.46. The van der Waals surface area contributed by atoms with Gasteiger partial charge in [0.1, 0.15) is 0 Å². The quantitative estimate of drug-likeness (QED) is 0.925. The van der Waals surface area contributed by atoms with Crippen LogP contribution >= 0.6 is 11.3 Å². The van der Waals surface area contributed by atoms with E-state index in [1.54, 1.807) is 17.4 Å². The molecule has 18 heavy (non-hydrogen) atoms. The van der Waals surface area contributed by atoms with Crippen LogP contribution in [0, 0.1) is 5.82 Å². The van der Waals surface area contributed by atoms with Crippen molar-refractivity contribution in [3.63, 3.8) is 0 Å². The Balaban J connectivity index is 2.43. The molecule has 2 aromatic rings. The van der Waals surface area contributed by atoms with Crippen LogP contribution in [-0.2, 0) is 6.42 Å². The first kappa shape index (κ1) is 13.0. The number of methoxy groups -OCH3 is 1. The van der Waals surface area contributed by atoms with E-state index in [4.69, 9.17) is 10.5 Å². The first-order valence-corrected chi connectivity index (χ1v) is 6.57. The third-order valence-corrected chi connectivity index (χ3v) is 3.90. The van der Waals surface area contributed by atoms with E-state index in [0.29, 0.717) is 5.56 Å². The van der Waals surface area contributed by atoms with Crippen molar-refractivity contribution in [2.24, 2.45) is 5.73 Å². The van der Waals surface area contributed by atoms with Crippen molar-refractivity contribution in [2.75, 3.05) is 7.11 Å². The van der Waals surface area contributed by atoms with Gasteiger partial charge in [0.15, 0.2) is 5.82 Å². The molecule has 0 saturated carbocycles. The normalized spacial score (nSPS) is 12.4. The fourth-order valence-corrected chi connectivity index (χ4v) is 2.89. The summed E-state index contributed by atoms with van der Waals surface area (Å²) in [5.74, 6) is -0.500. The van der Waals surface area contributed by atoms with Crippen molar-refractivity contribution in [3.8, 4) is 5.88 Å². The Labute approximate surface area is 109 Å². The second-order valence-corrected chi connectivity index (χ2v) is 4.81. The molecule has 1 atom stereocenters. The van der Waals surface area contributed by atoms with E-state index in [0.717, 1.165) is 16.9 Å². The maximum absolute atomic E-state index is 14.1. The third kappa shape index (κ3) is 2.23. The van der Waals surface area contributed by atoms with Gasteiger partial charge in [-0.3, -0.25) is 0 Å². The van der Waals surface area contributed by atoms with E-state index in [1.165, 1.54) is 13.3 Å². The molecule has 0 amide bonds. The van der Waals surface area contributed by atoms with Gasteiger partial charge in [-0.1, -0.05) is 6.92 Å². The van der Waals surface area contributed by atoms with Crippen LogP contribution in [0.5, 0.6) is 5.88 Å². The number of hydrogen-bond acceptors (Lipinski definition) is 4. The number of halogens is 1. The highest BCUT2D eigenvalue weighted by molar-refractivity contribution is 7.10. The minimum absolute atomic E-state index is 0.0162. The lowest BCUT2D eigenvalue weighted by Crippen LogP contribution is -2.14. The first-order valence-electron chi connectivity index (χ1n) is 5.69. The van der Waals surface area contributed by atoms with E-state index >= 15 is 0 Å². The van der Waals surface area contributed by atoms with E-state index in [-0.39, 0.29) is 5.88 Å². The Kier molecular flexibility index (Phi) is 3.93. The number of ether oxygens (including phenoxy) is 1. The van der Waals surface area contributed by atoms with Crippen molar-refractivity contribution in [1.82, 2.24) is 4.98 Å². The summed E-state index contributed by atoms with van der Waals surface area (Å²) in [6.07, 6.45) is 2.40. The number of nitrogens with two attached hydrogens (primary N) is 1. The van der Waals surface area contributed by atoms with Gasteiger partial charge in [0.2, 0.25) is 5.88 Å². The Morgan fingerprint density at radius 1 is 1.50 bits per heavy atom. The van der Waals surface area contributed by atoms with Gasteiger partial charge in [0.05, 0.1) is 13.2 Å². The number of thiophene rings is 1. The monoisotopic (exact) mass is 266 g/mol. The van der Waals surface area contributed by atoms with Gasteiger partial charge in [-0.15, -0.1) is 11.3 Å². The van der Waals surface area contributed by atoms with Crippen LogP contribution in [0.1, 0.15) is 29.0 Å². The molecule has 0 saturated heterocycles. The van der Waals surface area contributed by atoms with E-state index < -0.39 is 11.9 Å². The van der Waals surface area contributed by atoms with Gasteiger partial charge in [0.25, 0.3) is 0 Å². The molecule has 0 fully saturated rings. The second-order valence-electron chi connectivity index (χ2n) is 3.86. The fraction of sp³-hybridized carbons (Fsp3) is 0.308. The van der Waals surface area contributed by atoms with Crippen LogP contribution in [0.3, 0.4) is 0 Å². The number of pyridine rings is 1. The molecule has 0 bridgehead atoms. The topological polar surface area (TPSA) is 48.1 Å². The molecule has 2 heterocycles. The summed E-state index contributed by atoms with van der Waals surface area (Å²) >= 11 is 1.55. The second kappa shape index (κ2) is 5.46. The average molecular weight is 266 g/mol. The Morgan fingerprint density at radius 2 is 2.28 bits per heavy atom. The van der Waals surface area contributed by atoms with Crippen LogP contribution in [0.25, 0.3) is 0 Å². The lowest BCUT2D eigenvalue weighted by atomic mass is 10.0. The molecule has 3 nitrogen and oxygen atoms in total. The summed E-state index contributed by atoms with van der Waals surface area (Å²) in [5, 5.41) is 1.98. The zero-order valence-corrected chi connectivity index (χ0v) is 11.1. The fourth-order valence-electron chi connectivity index (χ4n) is 1.87. The van der Waals surface area contributed by atoms with Gasteiger partial charge in [-0.05, 0) is 29.5 Å². The van der Waals surface area contributed by atoms with Crippen LogP contribution in [-0.4, -0.2) is 12.1 Å². The molecule has 0 spiro atoms. The molecule has 0 radical (unpaired) electrons. The largest absolute Gasteiger partial charge is 0.479 e. The Morgan fingerprint density at radius 3 is 2.94 bits per heavy atom. The summed E-state index contributed by atoms with van der Waals surface area (Å²) in [6.45, 7) is 2.06. The smallest absolute Gasteiger partial charge is 0.250 e. The zero-order valence-electron chi connectivity index (χ0n) is 10.3. The van der Waals surface area contributed by atoms with Crippen molar-refractivity contribution in [2.45, 2.75) is 19.4 Å². The zero-order chi connectivity index (χ0) is 13.1. The molecule has 2 aromatic heterocycles. The van der Waals surface area contributed by atoms with Gasteiger partial charge < -0.3 is 10.5 Å². The summed E-state index contributed by atoms with van der Waals surface area (Å²) in [5.41, 5.74) is 7.72. The molecule has 2 N–H and O–H groups in total. The van der Waals surface area contributed by atoms with Crippen LogP contribution < -0.4 is 10.5 Å². The number of hydrogen-bond donors (Lipinski definition) is 1. The summed E-state index contributed by atoms with van der Waals surface area (Å²) in [4.78, 5) is 4.80. The van der Waals surface area contributed by atoms with Gasteiger partial charge >= 0.3 is 0 Å². The average Bonchev–Trinajstić information content (AvgIpc) is 2.86. The van der Waals surface area contributed by atoms with Gasteiger partial charge in [0, 0.05) is 16.6 Å². The maximum Gasteiger partial charge on any atom is 0.250 e. The van der Waals surface area contributed by atoms with Crippen LogP contribution in [0.2, 0.25) is 0 Å². The van der Waals surface area contributed by atoms with Gasteiger partial charge in [-0.25, -0.2) is 9.37 Å². The van der Waals surface area contributed by atoms with Crippen LogP contribution in [0.4, 0.5) is 4.39 Å². The summed E-state index contributed by atoms with van der Waals surface area (Å²) < 4.78 is 19.0. The number of rotatable bonds is 4. The maximum atomic E-state index is 14.1. The summed E-state index contributed by atoms with van der Waals surface area (Å²) in [7, 11) is 1.39. The molecule has 0 aromatic carbocycles. The van der Waals surface area contributed by atoms with Gasteiger partial charge in [-0.2, -0.15) is 0 Å². The molecular formula is C13H15FN2OS. The number of nitrogens with zero attached hydrogens (tertiary/aromatic N) is 1. The molecule has 0 aliphatic heterocycles. The van der Waals surface area contributed by atoms with E-state index in [9.17, 15) is 4.39 Å².